The lowest BCUT2D eigenvalue weighted by Crippen LogP contribution is -2.49. The van der Waals surface area contributed by atoms with E-state index in [1.165, 1.54) is 11.3 Å². The maximum absolute atomic E-state index is 11.3. The Labute approximate surface area is 157 Å². The number of para-hydroxylation sites is 1. The summed E-state index contributed by atoms with van der Waals surface area (Å²) in [7, 11) is 0. The van der Waals surface area contributed by atoms with E-state index < -0.39 is 0 Å². The van der Waals surface area contributed by atoms with Crippen LogP contribution in [0, 0.1) is 10.1 Å². The molecule has 0 amide bonds. The summed E-state index contributed by atoms with van der Waals surface area (Å²) in [6, 6.07) is 11.8. The zero-order valence-electron chi connectivity index (χ0n) is 14.8. The average molecular weight is 372 g/mol. The highest BCUT2D eigenvalue weighted by Crippen LogP contribution is 2.35. The molecule has 1 unspecified atom stereocenters. The number of hydrogen-bond donors (Lipinski definition) is 1. The summed E-state index contributed by atoms with van der Waals surface area (Å²) in [6.07, 6.45) is 1.24. The van der Waals surface area contributed by atoms with E-state index in [2.05, 4.69) is 21.2 Å². The molecule has 0 spiro atoms. The highest BCUT2D eigenvalue weighted by Gasteiger charge is 2.28. The lowest BCUT2D eigenvalue weighted by molar-refractivity contribution is -0.384. The molecule has 2 aliphatic heterocycles. The van der Waals surface area contributed by atoms with Gasteiger partial charge in [-0.1, -0.05) is 12.1 Å². The number of rotatable bonds is 5. The largest absolute Gasteiger partial charge is 0.314 e. The molecule has 0 saturated carbocycles. The Kier molecular flexibility index (Phi) is 5.31. The third-order valence-electron chi connectivity index (χ3n) is 5.32. The zero-order chi connectivity index (χ0) is 17.9. The predicted octanol–water partition coefficient (Wildman–Crippen LogP) is 2.80. The van der Waals surface area contributed by atoms with Gasteiger partial charge in [-0.05, 0) is 24.6 Å². The van der Waals surface area contributed by atoms with Crippen molar-refractivity contribution in [1.82, 2.24) is 15.1 Å². The molecule has 1 aromatic heterocycles. The average Bonchev–Trinajstić information content (AvgIpc) is 3.32. The van der Waals surface area contributed by atoms with Gasteiger partial charge in [-0.25, -0.2) is 0 Å². The van der Waals surface area contributed by atoms with Crippen LogP contribution in [0.1, 0.15) is 11.3 Å². The first-order valence-electron chi connectivity index (χ1n) is 9.20. The second-order valence-corrected chi connectivity index (χ2v) is 8.17. The normalized spacial score (nSPS) is 21.9. The Morgan fingerprint density at radius 1 is 1.15 bits per heavy atom. The van der Waals surface area contributed by atoms with Crippen molar-refractivity contribution < 1.29 is 4.92 Å². The van der Waals surface area contributed by atoms with Gasteiger partial charge in [0.1, 0.15) is 0 Å². The molecule has 1 atom stereocenters. The molecule has 7 heteroatoms. The molecule has 2 aromatic rings. The second-order valence-electron chi connectivity index (χ2n) is 7.00. The Morgan fingerprint density at radius 3 is 2.77 bits per heavy atom. The quantitative estimate of drug-likeness (QED) is 0.646. The van der Waals surface area contributed by atoms with E-state index in [1.54, 1.807) is 23.5 Å². The van der Waals surface area contributed by atoms with Gasteiger partial charge in [-0.15, -0.1) is 11.3 Å². The molecule has 26 heavy (non-hydrogen) atoms. The van der Waals surface area contributed by atoms with Crippen LogP contribution in [0.4, 0.5) is 5.69 Å². The van der Waals surface area contributed by atoms with Crippen LogP contribution in [0.15, 0.2) is 36.4 Å². The van der Waals surface area contributed by atoms with Gasteiger partial charge in [0.25, 0.3) is 5.69 Å². The number of likely N-dealkylation sites (tertiary alicyclic amines) is 1. The van der Waals surface area contributed by atoms with E-state index in [0.29, 0.717) is 11.6 Å². The molecule has 2 saturated heterocycles. The molecular formula is C19H24N4O2S. The lowest BCUT2D eigenvalue weighted by atomic mass is 10.1. The highest BCUT2D eigenvalue weighted by atomic mass is 32.1. The number of nitro groups is 1. The number of hydrogen-bond acceptors (Lipinski definition) is 6. The van der Waals surface area contributed by atoms with Gasteiger partial charge in [0.2, 0.25) is 0 Å². The van der Waals surface area contributed by atoms with Gasteiger partial charge in [0, 0.05) is 67.7 Å². The topological polar surface area (TPSA) is 61.7 Å². The summed E-state index contributed by atoms with van der Waals surface area (Å²) in [5.41, 5.74) is 0.898. The van der Waals surface area contributed by atoms with Crippen molar-refractivity contribution in [2.45, 2.75) is 19.0 Å². The molecule has 2 aliphatic rings. The molecule has 6 nitrogen and oxygen atoms in total. The van der Waals surface area contributed by atoms with Crippen LogP contribution in [-0.2, 0) is 6.54 Å². The van der Waals surface area contributed by atoms with Gasteiger partial charge in [0.05, 0.1) is 10.5 Å². The summed E-state index contributed by atoms with van der Waals surface area (Å²) in [5.74, 6) is 0. The monoisotopic (exact) mass is 372 g/mol. The van der Waals surface area contributed by atoms with E-state index >= 15 is 0 Å². The van der Waals surface area contributed by atoms with E-state index in [-0.39, 0.29) is 10.6 Å². The number of nitrogens with one attached hydrogen (secondary N) is 1. The van der Waals surface area contributed by atoms with Crippen LogP contribution < -0.4 is 5.32 Å². The zero-order valence-corrected chi connectivity index (χ0v) is 15.6. The van der Waals surface area contributed by atoms with Crippen LogP contribution in [-0.4, -0.2) is 60.0 Å². The van der Waals surface area contributed by atoms with E-state index in [0.717, 1.165) is 50.7 Å². The third kappa shape index (κ3) is 3.81. The highest BCUT2D eigenvalue weighted by molar-refractivity contribution is 7.15. The van der Waals surface area contributed by atoms with Gasteiger partial charge >= 0.3 is 0 Å². The Morgan fingerprint density at radius 2 is 1.96 bits per heavy atom. The van der Waals surface area contributed by atoms with E-state index in [4.69, 9.17) is 0 Å². The minimum absolute atomic E-state index is 0.181. The first-order valence-corrected chi connectivity index (χ1v) is 10.0. The summed E-state index contributed by atoms with van der Waals surface area (Å²) < 4.78 is 0. The molecule has 0 bridgehead atoms. The standard InChI is InChI=1S/C19H24N4O2S/c24-23(25)18-4-2-1-3-17(18)19-6-5-16(26-19)14-21-10-7-15(13-21)22-11-8-20-9-12-22/h1-6,15,20H,7-14H2. The molecular weight excluding hydrogens is 348 g/mol. The fourth-order valence-electron chi connectivity index (χ4n) is 3.97. The van der Waals surface area contributed by atoms with Crippen LogP contribution in [0.25, 0.3) is 10.4 Å². The predicted molar refractivity (Wildman–Crippen MR) is 105 cm³/mol. The SMILES string of the molecule is O=[N+]([O-])c1ccccc1-c1ccc(CN2CCC(N3CCNCC3)C2)s1. The second kappa shape index (κ2) is 7.84. The fourth-order valence-corrected chi connectivity index (χ4v) is 5.05. The van der Waals surface area contributed by atoms with Gasteiger partial charge in [-0.2, -0.15) is 0 Å². The molecule has 1 N–H and O–H groups in total. The summed E-state index contributed by atoms with van der Waals surface area (Å²) in [6.45, 7) is 7.69. The van der Waals surface area contributed by atoms with Gasteiger partial charge in [-0.3, -0.25) is 19.9 Å². The van der Waals surface area contributed by atoms with Crippen LogP contribution in [0.3, 0.4) is 0 Å². The Bertz CT molecular complexity index is 772. The minimum atomic E-state index is -0.298. The van der Waals surface area contributed by atoms with Crippen molar-refractivity contribution in [3.8, 4) is 10.4 Å². The van der Waals surface area contributed by atoms with Crippen molar-refractivity contribution in [1.29, 1.82) is 0 Å². The van der Waals surface area contributed by atoms with E-state index in [9.17, 15) is 10.1 Å². The minimum Gasteiger partial charge on any atom is -0.314 e. The maximum atomic E-state index is 11.3. The van der Waals surface area contributed by atoms with Crippen molar-refractivity contribution in [3.05, 3.63) is 51.4 Å². The molecule has 0 aliphatic carbocycles. The van der Waals surface area contributed by atoms with Crippen molar-refractivity contribution >= 4 is 17.0 Å². The maximum Gasteiger partial charge on any atom is 0.278 e. The lowest BCUT2D eigenvalue weighted by Gasteiger charge is -2.32. The number of nitro benzene ring substituents is 1. The van der Waals surface area contributed by atoms with Crippen molar-refractivity contribution in [2.75, 3.05) is 39.3 Å². The van der Waals surface area contributed by atoms with Crippen LogP contribution >= 0.6 is 11.3 Å². The Hall–Kier alpha value is -1.80. The molecule has 0 radical (unpaired) electrons. The summed E-state index contributed by atoms with van der Waals surface area (Å²) in [4.78, 5) is 18.3. The first-order chi connectivity index (χ1) is 12.7. The van der Waals surface area contributed by atoms with Gasteiger partial charge < -0.3 is 5.32 Å². The third-order valence-corrected chi connectivity index (χ3v) is 6.43. The fraction of sp³-hybridized carbons (Fsp3) is 0.474. The van der Waals surface area contributed by atoms with Crippen molar-refractivity contribution in [2.24, 2.45) is 0 Å². The number of thiophene rings is 1. The van der Waals surface area contributed by atoms with Crippen molar-refractivity contribution in [3.63, 3.8) is 0 Å². The molecule has 1 aromatic carbocycles. The summed E-state index contributed by atoms with van der Waals surface area (Å²) in [5, 5.41) is 14.7. The number of benzene rings is 1. The van der Waals surface area contributed by atoms with Crippen LogP contribution in [0.5, 0.6) is 0 Å². The molecule has 4 rings (SSSR count). The summed E-state index contributed by atoms with van der Waals surface area (Å²) >= 11 is 1.67. The van der Waals surface area contributed by atoms with Gasteiger partial charge in [0.15, 0.2) is 0 Å². The molecule has 138 valence electrons. The number of nitrogens with zero attached hydrogens (tertiary/aromatic N) is 3. The first kappa shape index (κ1) is 17.6. The number of piperazine rings is 1. The van der Waals surface area contributed by atoms with E-state index in [1.807, 2.05) is 18.2 Å². The molecule has 3 heterocycles. The Balaban J connectivity index is 1.41. The molecule has 2 fully saturated rings. The smallest absolute Gasteiger partial charge is 0.278 e. The van der Waals surface area contributed by atoms with Crippen LogP contribution in [0.2, 0.25) is 0 Å².